The van der Waals surface area contributed by atoms with Crippen LogP contribution in [-0.2, 0) is 156 Å². The first-order valence-corrected chi connectivity index (χ1v) is 58.5. The molecular weight excluding hydrogens is 1580 g/mol. The number of hydrogen-bond donors (Lipinski definition) is 0. The molecule has 0 aliphatic rings. The molecule has 0 heterocycles. The fraction of sp³-hybridized carbons (Fsp3) is 1.00. The van der Waals surface area contributed by atoms with Gasteiger partial charge in [0.2, 0.25) is 0 Å². The Morgan fingerprint density at radius 3 is 0.314 bits per heavy atom. The zero-order valence-corrected chi connectivity index (χ0v) is 80.2. The summed E-state index contributed by atoms with van der Waals surface area (Å²) >= 11 is 43.3. The van der Waals surface area contributed by atoms with E-state index in [2.05, 4.69) is 55.4 Å². The van der Waals surface area contributed by atoms with Gasteiger partial charge in [-0.15, -0.1) is 0 Å². The summed E-state index contributed by atoms with van der Waals surface area (Å²) in [4.78, 5) is 0. The van der Waals surface area contributed by atoms with Gasteiger partial charge in [0, 0.05) is 0 Å². The molecule has 102 heavy (non-hydrogen) atoms. The number of hydrogen-bond acceptors (Lipinski definition) is 17. The van der Waals surface area contributed by atoms with E-state index in [4.69, 9.17) is 136 Å². The van der Waals surface area contributed by atoms with Gasteiger partial charge in [-0.05, 0) is 51.4 Å². The molecule has 0 aromatic carbocycles. The molecule has 0 radical (unpaired) electrons. The SMILES string of the molecule is CCCCCCCCCCOP(=S)([S-])OCCCCCCCCCC.CCCCCCCCCCOP(=S)([S-])OCCCCCCCCCC.CCCCCCCCCCOP(=S)([S-])OCCCCCCCCCC.CCCCCCCCCCOP(=S)([S-])OCCCCCCCCCC.[O]=[Mo+4]. The maximum atomic E-state index is 8.26. The van der Waals surface area contributed by atoms with Crippen molar-refractivity contribution >= 4 is 119 Å². The number of rotatable bonds is 80. The second-order valence-electron chi connectivity index (χ2n) is 28.3. The summed E-state index contributed by atoms with van der Waals surface area (Å²) in [6.07, 6.45) is 82.9. The Balaban J connectivity index is -0.000000406. The van der Waals surface area contributed by atoms with Crippen LogP contribution < -0.4 is 0 Å². The second-order valence-corrected chi connectivity index (χ2v) is 48.2. The topological polar surface area (TPSA) is 90.9 Å². The molecular formula is C80H168MoO9P4S8. The van der Waals surface area contributed by atoms with Gasteiger partial charge in [0.25, 0.3) is 0 Å². The van der Waals surface area contributed by atoms with Crippen molar-refractivity contribution in [2.45, 2.75) is 466 Å². The molecule has 0 bridgehead atoms. The molecule has 0 spiro atoms. The van der Waals surface area contributed by atoms with E-state index in [0.717, 1.165) is 51.4 Å². The van der Waals surface area contributed by atoms with Crippen LogP contribution in [0.4, 0.5) is 0 Å². The predicted octanol–water partition coefficient (Wildman–Crippen LogP) is 32.2. The molecule has 0 saturated carbocycles. The van der Waals surface area contributed by atoms with E-state index < -0.39 is 22.8 Å². The van der Waals surface area contributed by atoms with Crippen LogP contribution in [-0.4, -0.2) is 52.9 Å². The monoisotopic (exact) mass is 1750 g/mol. The third-order valence-corrected chi connectivity index (χ3v) is 27.0. The molecule has 0 rings (SSSR count). The van der Waals surface area contributed by atoms with Crippen LogP contribution in [0.2, 0.25) is 0 Å². The van der Waals surface area contributed by atoms with Crippen LogP contribution in [0.3, 0.4) is 0 Å². The molecule has 22 heteroatoms. The zero-order valence-electron chi connectivity index (χ0n) is 68.0. The van der Waals surface area contributed by atoms with Gasteiger partial charge in [0.1, 0.15) is 0 Å². The molecule has 0 aromatic rings. The van der Waals surface area contributed by atoms with E-state index in [9.17, 15) is 0 Å². The molecule has 0 unspecified atom stereocenters. The Bertz CT molecular complexity index is 1420. The van der Waals surface area contributed by atoms with Gasteiger partial charge >= 0.3 is 23.2 Å². The molecule has 0 N–H and O–H groups in total. The summed E-state index contributed by atoms with van der Waals surface area (Å²) in [5, 5.41) is 0. The van der Waals surface area contributed by atoms with Gasteiger partial charge < -0.3 is 85.2 Å². The van der Waals surface area contributed by atoms with Crippen molar-refractivity contribution in [3.8, 4) is 0 Å². The average Bonchev–Trinajstić information content (AvgIpc) is 1.09. The van der Waals surface area contributed by atoms with Gasteiger partial charge in [-0.3, -0.25) is 0 Å². The van der Waals surface area contributed by atoms with Gasteiger partial charge in [0.05, 0.1) is 75.6 Å². The molecule has 0 saturated heterocycles. The van der Waals surface area contributed by atoms with Crippen LogP contribution >= 0.6 is 22.8 Å². The third-order valence-electron chi connectivity index (χ3n) is 18.0. The van der Waals surface area contributed by atoms with Crippen molar-refractivity contribution in [3.05, 3.63) is 0 Å². The average molecular weight is 1750 g/mol. The van der Waals surface area contributed by atoms with E-state index in [0.29, 0.717) is 72.6 Å². The molecule has 0 fully saturated rings. The molecule has 616 valence electrons. The summed E-state index contributed by atoms with van der Waals surface area (Å²) in [7, 11) is 0. The van der Waals surface area contributed by atoms with E-state index in [1.807, 2.05) is 0 Å². The Morgan fingerprint density at radius 1 is 0.167 bits per heavy atom. The summed E-state index contributed by atoms with van der Waals surface area (Å²) in [6, 6.07) is 0. The van der Waals surface area contributed by atoms with Crippen molar-refractivity contribution in [2.75, 3.05) is 52.9 Å². The van der Waals surface area contributed by atoms with Crippen LogP contribution in [0.15, 0.2) is 0 Å². The minimum atomic E-state index is -2.42. The Hall–Kier alpha value is 4.17. The first kappa shape index (κ1) is 115. The van der Waals surface area contributed by atoms with Crippen molar-refractivity contribution in [2.24, 2.45) is 0 Å². The number of unbranched alkanes of at least 4 members (excludes halogenated alkanes) is 56. The van der Waals surface area contributed by atoms with Crippen LogP contribution in [0.5, 0.6) is 0 Å². The molecule has 0 aliphatic heterocycles. The van der Waals surface area contributed by atoms with Gasteiger partial charge in [-0.2, -0.15) is 0 Å². The van der Waals surface area contributed by atoms with Crippen LogP contribution in [0.1, 0.15) is 466 Å². The van der Waals surface area contributed by atoms with Gasteiger partial charge in [0.15, 0.2) is 0 Å². The third kappa shape index (κ3) is 111. The maximum absolute atomic E-state index is 8.26. The Labute approximate surface area is 691 Å². The summed E-state index contributed by atoms with van der Waals surface area (Å²) in [6.45, 7) is 23.4. The normalized spacial score (nSPS) is 11.8. The van der Waals surface area contributed by atoms with E-state index in [1.54, 1.807) is 0 Å². The fourth-order valence-electron chi connectivity index (χ4n) is 11.4. The van der Waals surface area contributed by atoms with Crippen LogP contribution in [0, 0.1) is 0 Å². The van der Waals surface area contributed by atoms with E-state index >= 15 is 0 Å². The van der Waals surface area contributed by atoms with E-state index in [-0.39, 0.29) is 0 Å². The Morgan fingerprint density at radius 2 is 0.235 bits per heavy atom. The van der Waals surface area contributed by atoms with E-state index in [1.165, 1.54) is 360 Å². The first-order valence-electron chi connectivity index (χ1n) is 43.1. The molecule has 9 nitrogen and oxygen atoms in total. The van der Waals surface area contributed by atoms with Crippen molar-refractivity contribution in [1.82, 2.24) is 0 Å². The van der Waals surface area contributed by atoms with Crippen molar-refractivity contribution in [1.29, 1.82) is 0 Å². The summed E-state index contributed by atoms with van der Waals surface area (Å²) < 4.78 is 53.6. The Kier molecular flexibility index (Phi) is 110. The second kappa shape index (κ2) is 97.5. The molecule has 0 amide bonds. The quantitative estimate of drug-likeness (QED) is 0.0250. The predicted molar refractivity (Wildman–Crippen MR) is 476 cm³/mol. The van der Waals surface area contributed by atoms with Gasteiger partial charge in [-0.25, -0.2) is 0 Å². The van der Waals surface area contributed by atoms with Crippen molar-refractivity contribution in [3.63, 3.8) is 0 Å². The standard InChI is InChI=1S/4C20H43O2PS2.Mo.O/c4*1-3-5-7-9-11-13-15-17-19-21-23(24,25)22-20-18-16-14-12-10-8-6-4-2;;/h4*3-20H2,1-2H3,(H,24,25);;/q;;;;+4;/p-4. The summed E-state index contributed by atoms with van der Waals surface area (Å²) in [5.74, 6) is 0. The molecule has 0 aromatic heterocycles. The molecule has 0 aliphatic carbocycles. The first-order chi connectivity index (χ1) is 49.5. The fourth-order valence-corrected chi connectivity index (χ4v) is 18.1. The summed E-state index contributed by atoms with van der Waals surface area (Å²) in [5.41, 5.74) is -9.67. The van der Waals surface area contributed by atoms with Gasteiger partial charge in [-0.1, -0.05) is 462 Å². The molecule has 0 atom stereocenters. The minimum absolute atomic E-state index is 0.674. The van der Waals surface area contributed by atoms with Crippen LogP contribution in [0.25, 0.3) is 0 Å². The zero-order chi connectivity index (χ0) is 76.6. The van der Waals surface area contributed by atoms with Crippen molar-refractivity contribution < 1.29 is 59.4 Å².